The van der Waals surface area contributed by atoms with Crippen LogP contribution in [0, 0.1) is 5.82 Å². The van der Waals surface area contributed by atoms with Crippen LogP contribution in [-0.4, -0.2) is 44.7 Å². The summed E-state index contributed by atoms with van der Waals surface area (Å²) in [5, 5.41) is 5.18. The van der Waals surface area contributed by atoms with Crippen LogP contribution in [0.4, 0.5) is 23.4 Å². The van der Waals surface area contributed by atoms with Crippen LogP contribution in [-0.2, 0) is 19.8 Å². The van der Waals surface area contributed by atoms with Crippen molar-refractivity contribution in [3.63, 3.8) is 0 Å². The quantitative estimate of drug-likeness (QED) is 0.466. The van der Waals surface area contributed by atoms with Crippen LogP contribution in [0.2, 0.25) is 0 Å². The van der Waals surface area contributed by atoms with Gasteiger partial charge in [0.15, 0.2) is 0 Å². The molecule has 0 bridgehead atoms. The zero-order valence-corrected chi connectivity index (χ0v) is 17.7. The summed E-state index contributed by atoms with van der Waals surface area (Å²) in [4.78, 5) is 21.8. The number of ether oxygens (including phenoxy) is 1. The van der Waals surface area contributed by atoms with E-state index in [1.807, 2.05) is 0 Å². The van der Waals surface area contributed by atoms with Crippen LogP contribution < -0.4 is 10.5 Å². The van der Waals surface area contributed by atoms with Crippen molar-refractivity contribution in [3.8, 4) is 5.88 Å². The number of aryl methyl sites for hydroxylation is 1. The van der Waals surface area contributed by atoms with Gasteiger partial charge in [-0.3, -0.25) is 9.48 Å². The summed E-state index contributed by atoms with van der Waals surface area (Å²) in [7, 11) is 4.25. The van der Waals surface area contributed by atoms with Crippen LogP contribution in [0.3, 0.4) is 0 Å². The van der Waals surface area contributed by atoms with Crippen molar-refractivity contribution in [1.82, 2.24) is 24.6 Å². The molecule has 0 saturated carbocycles. The Bertz CT molecular complexity index is 1400. The number of aromatic nitrogens is 4. The van der Waals surface area contributed by atoms with Gasteiger partial charge < -0.3 is 15.4 Å². The molecule has 172 valence electrons. The van der Waals surface area contributed by atoms with Crippen molar-refractivity contribution >= 4 is 33.5 Å². The fourth-order valence-corrected chi connectivity index (χ4v) is 3.60. The van der Waals surface area contributed by atoms with E-state index in [2.05, 4.69) is 15.1 Å². The first-order valence-corrected chi connectivity index (χ1v) is 9.58. The minimum absolute atomic E-state index is 0.161. The first kappa shape index (κ1) is 22.2. The third-order valence-corrected chi connectivity index (χ3v) is 5.20. The number of carbonyl (C=O) groups excluding carboxylic acids is 1. The summed E-state index contributed by atoms with van der Waals surface area (Å²) in [6, 6.07) is 4.44. The molecule has 0 spiro atoms. The number of anilines is 1. The normalized spacial score (nSPS) is 11.8. The standard InChI is InChI=1S/C21H18F4N6O2/c1-30(9-10-4-5-16(21(23,24)25)29-19(10)33-3)20(32)11-6-12-15(7-14(11)22)28-18(26)13-8-27-31(2)17(12)13/h4-8H,9H2,1-3H3,(H2,26,28). The number of carbonyl (C=O) groups is 1. The van der Waals surface area contributed by atoms with Crippen molar-refractivity contribution in [3.05, 3.63) is 53.1 Å². The summed E-state index contributed by atoms with van der Waals surface area (Å²) in [5.74, 6) is -1.60. The Morgan fingerprint density at radius 1 is 1.21 bits per heavy atom. The van der Waals surface area contributed by atoms with Crippen molar-refractivity contribution in [2.75, 3.05) is 19.9 Å². The van der Waals surface area contributed by atoms with Gasteiger partial charge in [-0.1, -0.05) is 0 Å². The summed E-state index contributed by atoms with van der Waals surface area (Å²) in [6.45, 7) is -0.161. The number of nitrogens with zero attached hydrogens (tertiary/aromatic N) is 5. The average molecular weight is 462 g/mol. The Labute approximate surface area is 184 Å². The lowest BCUT2D eigenvalue weighted by molar-refractivity contribution is -0.141. The maximum absolute atomic E-state index is 14.8. The van der Waals surface area contributed by atoms with Gasteiger partial charge in [0.1, 0.15) is 17.3 Å². The topological polar surface area (TPSA) is 99.2 Å². The van der Waals surface area contributed by atoms with Gasteiger partial charge in [-0.2, -0.15) is 18.3 Å². The highest BCUT2D eigenvalue weighted by Gasteiger charge is 2.33. The number of nitrogens with two attached hydrogens (primary N) is 1. The SMILES string of the molecule is COc1nc(C(F)(F)F)ccc1CN(C)C(=O)c1cc2c(cc1F)nc(N)c1cnn(C)c12. The molecule has 0 fully saturated rings. The minimum atomic E-state index is -4.64. The summed E-state index contributed by atoms with van der Waals surface area (Å²) < 4.78 is 60.1. The van der Waals surface area contributed by atoms with E-state index < -0.39 is 23.6 Å². The van der Waals surface area contributed by atoms with E-state index >= 15 is 0 Å². The van der Waals surface area contributed by atoms with Gasteiger partial charge >= 0.3 is 6.18 Å². The Kier molecular flexibility index (Phi) is 5.30. The van der Waals surface area contributed by atoms with Gasteiger partial charge in [0, 0.05) is 31.1 Å². The average Bonchev–Trinajstić information content (AvgIpc) is 3.15. The van der Waals surface area contributed by atoms with Crippen molar-refractivity contribution in [1.29, 1.82) is 0 Å². The van der Waals surface area contributed by atoms with Crippen LogP contribution in [0.15, 0.2) is 30.5 Å². The number of fused-ring (bicyclic) bond motifs is 3. The predicted octanol–water partition coefficient (Wildman–Crippen LogP) is 3.54. The molecule has 1 amide bonds. The maximum atomic E-state index is 14.8. The molecule has 33 heavy (non-hydrogen) atoms. The van der Waals surface area contributed by atoms with Crippen LogP contribution >= 0.6 is 0 Å². The molecule has 0 saturated heterocycles. The molecular formula is C21H18F4N6O2. The summed E-state index contributed by atoms with van der Waals surface area (Å²) in [6.07, 6.45) is -3.12. The summed E-state index contributed by atoms with van der Waals surface area (Å²) >= 11 is 0. The number of nitrogen functional groups attached to an aromatic ring is 1. The number of hydrogen-bond acceptors (Lipinski definition) is 6. The third kappa shape index (κ3) is 3.88. The Morgan fingerprint density at radius 2 is 1.94 bits per heavy atom. The lowest BCUT2D eigenvalue weighted by Gasteiger charge is -2.20. The molecule has 4 aromatic rings. The van der Waals surface area contributed by atoms with Crippen molar-refractivity contribution in [2.24, 2.45) is 7.05 Å². The number of rotatable bonds is 4. The first-order chi connectivity index (χ1) is 15.5. The van der Waals surface area contributed by atoms with Crippen LogP contribution in [0.5, 0.6) is 5.88 Å². The molecule has 0 atom stereocenters. The van der Waals surface area contributed by atoms with E-state index in [9.17, 15) is 22.4 Å². The highest BCUT2D eigenvalue weighted by atomic mass is 19.4. The molecule has 8 nitrogen and oxygen atoms in total. The molecule has 4 rings (SSSR count). The number of amides is 1. The van der Waals surface area contributed by atoms with E-state index in [4.69, 9.17) is 10.5 Å². The number of hydrogen-bond donors (Lipinski definition) is 1. The minimum Gasteiger partial charge on any atom is -0.481 e. The van der Waals surface area contributed by atoms with E-state index in [1.54, 1.807) is 11.7 Å². The third-order valence-electron chi connectivity index (χ3n) is 5.20. The summed E-state index contributed by atoms with van der Waals surface area (Å²) in [5.41, 5.74) is 5.65. The number of benzene rings is 1. The lowest BCUT2D eigenvalue weighted by Crippen LogP contribution is -2.27. The number of halogens is 4. The van der Waals surface area contributed by atoms with Gasteiger partial charge in [-0.15, -0.1) is 0 Å². The number of methoxy groups -OCH3 is 1. The number of alkyl halides is 3. The van der Waals surface area contributed by atoms with Crippen LogP contribution in [0.25, 0.3) is 21.8 Å². The van der Waals surface area contributed by atoms with Gasteiger partial charge in [-0.25, -0.2) is 14.4 Å². The lowest BCUT2D eigenvalue weighted by atomic mass is 10.1. The first-order valence-electron chi connectivity index (χ1n) is 9.58. The molecule has 12 heteroatoms. The zero-order valence-electron chi connectivity index (χ0n) is 17.7. The van der Waals surface area contributed by atoms with Gasteiger partial charge in [0.25, 0.3) is 5.91 Å². The van der Waals surface area contributed by atoms with Crippen molar-refractivity contribution in [2.45, 2.75) is 12.7 Å². The van der Waals surface area contributed by atoms with E-state index in [0.29, 0.717) is 16.3 Å². The van der Waals surface area contributed by atoms with E-state index in [0.717, 1.165) is 17.0 Å². The highest BCUT2D eigenvalue weighted by Crippen LogP contribution is 2.32. The molecule has 0 aliphatic heterocycles. The second-order valence-corrected chi connectivity index (χ2v) is 7.40. The molecule has 0 aliphatic rings. The smallest absolute Gasteiger partial charge is 0.433 e. The van der Waals surface area contributed by atoms with Crippen molar-refractivity contribution < 1.29 is 27.1 Å². The zero-order chi connectivity index (χ0) is 24.1. The van der Waals surface area contributed by atoms with E-state index in [1.165, 1.54) is 32.5 Å². The molecule has 0 aliphatic carbocycles. The Hall–Kier alpha value is -3.96. The molecule has 1 aromatic carbocycles. The Balaban J connectivity index is 1.71. The van der Waals surface area contributed by atoms with Crippen LogP contribution in [0.1, 0.15) is 21.6 Å². The largest absolute Gasteiger partial charge is 0.481 e. The second kappa shape index (κ2) is 7.87. The Morgan fingerprint density at radius 3 is 2.61 bits per heavy atom. The molecule has 0 unspecified atom stereocenters. The van der Waals surface area contributed by atoms with E-state index in [-0.39, 0.29) is 34.9 Å². The molecule has 2 N–H and O–H groups in total. The van der Waals surface area contributed by atoms with Gasteiger partial charge in [0.2, 0.25) is 5.88 Å². The molecule has 3 aromatic heterocycles. The monoisotopic (exact) mass is 462 g/mol. The fraction of sp³-hybridized carbons (Fsp3) is 0.238. The van der Waals surface area contributed by atoms with Gasteiger partial charge in [0.05, 0.1) is 41.8 Å². The molecule has 0 radical (unpaired) electrons. The second-order valence-electron chi connectivity index (χ2n) is 7.40. The molecular weight excluding hydrogens is 444 g/mol. The maximum Gasteiger partial charge on any atom is 0.433 e. The predicted molar refractivity (Wildman–Crippen MR) is 112 cm³/mol. The highest BCUT2D eigenvalue weighted by molar-refractivity contribution is 6.10. The van der Waals surface area contributed by atoms with Gasteiger partial charge in [-0.05, 0) is 18.2 Å². The number of pyridine rings is 2. The fourth-order valence-electron chi connectivity index (χ4n) is 3.60. The molecule has 3 heterocycles.